The molecule has 0 bridgehead atoms. The Balaban J connectivity index is 1.93. The van der Waals surface area contributed by atoms with Crippen molar-refractivity contribution in [3.05, 3.63) is 0 Å². The Hall–Kier alpha value is -1.10. The van der Waals surface area contributed by atoms with E-state index in [1.165, 1.54) is 0 Å². The van der Waals surface area contributed by atoms with Crippen molar-refractivity contribution in [3.8, 4) is 0 Å². The molecule has 5 heteroatoms. The van der Waals surface area contributed by atoms with Crippen LogP contribution in [0.25, 0.3) is 0 Å². The molecule has 0 aromatic carbocycles. The lowest BCUT2D eigenvalue weighted by atomic mass is 9.86. The number of hydrogen-bond donors (Lipinski definition) is 2. The lowest BCUT2D eigenvalue weighted by molar-refractivity contribution is -0.143. The maximum absolute atomic E-state index is 12.5. The average Bonchev–Trinajstić information content (AvgIpc) is 2.33. The first kappa shape index (κ1) is 14.3. The van der Waals surface area contributed by atoms with Gasteiger partial charge in [0.05, 0.1) is 0 Å². The minimum atomic E-state index is -0.769. The number of amides is 1. The fraction of sp³-hybridized carbons (Fsp3) is 0.857. The third kappa shape index (κ3) is 3.47. The maximum atomic E-state index is 12.5. The van der Waals surface area contributed by atoms with Crippen molar-refractivity contribution < 1.29 is 14.7 Å². The Labute approximate surface area is 114 Å². The van der Waals surface area contributed by atoms with Gasteiger partial charge in [0.1, 0.15) is 0 Å². The van der Waals surface area contributed by atoms with Gasteiger partial charge in [-0.2, -0.15) is 0 Å². The Morgan fingerprint density at radius 1 is 1.37 bits per heavy atom. The van der Waals surface area contributed by atoms with Gasteiger partial charge in [0.15, 0.2) is 0 Å². The van der Waals surface area contributed by atoms with Crippen LogP contribution in [-0.4, -0.2) is 47.6 Å². The molecule has 0 aromatic rings. The highest BCUT2D eigenvalue weighted by atomic mass is 16.4. The number of nitrogens with one attached hydrogen (secondary N) is 1. The van der Waals surface area contributed by atoms with Crippen LogP contribution in [0.15, 0.2) is 0 Å². The Morgan fingerprint density at radius 2 is 2.11 bits per heavy atom. The van der Waals surface area contributed by atoms with Crippen LogP contribution in [0.2, 0.25) is 0 Å². The fourth-order valence-corrected chi connectivity index (χ4v) is 3.01. The molecular formula is C14H24N2O3. The second-order valence-electron chi connectivity index (χ2n) is 5.82. The van der Waals surface area contributed by atoms with Crippen LogP contribution in [0.5, 0.6) is 0 Å². The van der Waals surface area contributed by atoms with Gasteiger partial charge in [-0.05, 0) is 44.7 Å². The van der Waals surface area contributed by atoms with E-state index in [1.807, 2.05) is 11.8 Å². The smallest absolute Gasteiger partial charge is 0.303 e. The zero-order valence-electron chi connectivity index (χ0n) is 11.6. The van der Waals surface area contributed by atoms with E-state index in [1.54, 1.807) is 0 Å². The minimum absolute atomic E-state index is 0.0617. The van der Waals surface area contributed by atoms with Crippen LogP contribution in [0.1, 0.15) is 39.0 Å². The fourth-order valence-electron chi connectivity index (χ4n) is 3.01. The molecule has 2 aliphatic rings. The van der Waals surface area contributed by atoms with Crippen molar-refractivity contribution in [1.82, 2.24) is 10.2 Å². The molecule has 0 aliphatic carbocycles. The molecule has 1 amide bonds. The molecule has 2 rings (SSSR count). The summed E-state index contributed by atoms with van der Waals surface area (Å²) in [6, 6.07) is 0.132. The highest BCUT2D eigenvalue weighted by Gasteiger charge is 2.35. The van der Waals surface area contributed by atoms with Gasteiger partial charge in [0.25, 0.3) is 0 Å². The van der Waals surface area contributed by atoms with Crippen LogP contribution < -0.4 is 5.32 Å². The van der Waals surface area contributed by atoms with Crippen molar-refractivity contribution in [3.63, 3.8) is 0 Å². The van der Waals surface area contributed by atoms with Crippen LogP contribution >= 0.6 is 0 Å². The average molecular weight is 268 g/mol. The lowest BCUT2D eigenvalue weighted by Crippen LogP contribution is -2.53. The summed E-state index contributed by atoms with van der Waals surface area (Å²) in [7, 11) is 0. The Morgan fingerprint density at radius 3 is 2.68 bits per heavy atom. The van der Waals surface area contributed by atoms with E-state index in [0.29, 0.717) is 12.3 Å². The first-order valence-corrected chi connectivity index (χ1v) is 7.32. The second kappa shape index (κ2) is 6.37. The molecule has 2 heterocycles. The third-order valence-corrected chi connectivity index (χ3v) is 4.51. The highest BCUT2D eigenvalue weighted by molar-refractivity contribution is 5.79. The summed E-state index contributed by atoms with van der Waals surface area (Å²) in [6.07, 6.45) is 3.86. The standard InChI is InChI=1S/C14H24N2O3/c1-10(11-8-15-9-11)14(19)16-7-3-2-4-12(16)5-6-13(17)18/h10-12,15H,2-9H2,1H3,(H,17,18). The number of carbonyl (C=O) groups excluding carboxylic acids is 1. The summed E-state index contributed by atoms with van der Waals surface area (Å²) < 4.78 is 0. The van der Waals surface area contributed by atoms with Gasteiger partial charge in [0, 0.05) is 24.9 Å². The normalized spacial score (nSPS) is 25.7. The van der Waals surface area contributed by atoms with Gasteiger partial charge in [-0.15, -0.1) is 0 Å². The van der Waals surface area contributed by atoms with Gasteiger partial charge >= 0.3 is 5.97 Å². The topological polar surface area (TPSA) is 69.6 Å². The second-order valence-corrected chi connectivity index (χ2v) is 5.82. The summed E-state index contributed by atoms with van der Waals surface area (Å²) in [5.41, 5.74) is 0. The molecule has 2 fully saturated rings. The molecule has 19 heavy (non-hydrogen) atoms. The first-order valence-electron chi connectivity index (χ1n) is 7.32. The predicted molar refractivity (Wildman–Crippen MR) is 71.7 cm³/mol. The van der Waals surface area contributed by atoms with Gasteiger partial charge in [-0.3, -0.25) is 9.59 Å². The number of carboxylic acids is 1. The molecule has 2 N–H and O–H groups in total. The van der Waals surface area contributed by atoms with Crippen molar-refractivity contribution in [2.24, 2.45) is 11.8 Å². The first-order chi connectivity index (χ1) is 9.09. The molecule has 108 valence electrons. The van der Waals surface area contributed by atoms with E-state index < -0.39 is 5.97 Å². The van der Waals surface area contributed by atoms with Gasteiger partial charge in [-0.1, -0.05) is 6.92 Å². The van der Waals surface area contributed by atoms with E-state index in [4.69, 9.17) is 5.11 Å². The summed E-state index contributed by atoms with van der Waals surface area (Å²) in [5, 5.41) is 12.0. The van der Waals surface area contributed by atoms with Gasteiger partial charge in [-0.25, -0.2) is 0 Å². The number of carboxylic acid groups (broad SMARTS) is 1. The van der Waals surface area contributed by atoms with Gasteiger partial charge < -0.3 is 15.3 Å². The molecular weight excluding hydrogens is 244 g/mol. The number of aliphatic carboxylic acids is 1. The van der Waals surface area contributed by atoms with Crippen LogP contribution in [0.4, 0.5) is 0 Å². The number of piperidine rings is 1. The number of nitrogens with zero attached hydrogens (tertiary/aromatic N) is 1. The zero-order valence-corrected chi connectivity index (χ0v) is 11.6. The molecule has 0 aromatic heterocycles. The minimum Gasteiger partial charge on any atom is -0.481 e. The molecule has 0 spiro atoms. The number of rotatable bonds is 5. The van der Waals surface area contributed by atoms with E-state index in [9.17, 15) is 9.59 Å². The third-order valence-electron chi connectivity index (χ3n) is 4.51. The molecule has 2 unspecified atom stereocenters. The van der Waals surface area contributed by atoms with E-state index >= 15 is 0 Å². The largest absolute Gasteiger partial charge is 0.481 e. The van der Waals surface area contributed by atoms with Crippen LogP contribution in [0.3, 0.4) is 0 Å². The molecule has 5 nitrogen and oxygen atoms in total. The SMILES string of the molecule is CC(C(=O)N1CCCCC1CCC(=O)O)C1CNC1. The molecule has 2 aliphatic heterocycles. The van der Waals surface area contributed by atoms with Crippen molar-refractivity contribution >= 4 is 11.9 Å². The summed E-state index contributed by atoms with van der Waals surface area (Å²) in [4.78, 5) is 25.2. The summed E-state index contributed by atoms with van der Waals surface area (Å²) in [6.45, 7) is 4.67. The highest BCUT2D eigenvalue weighted by Crippen LogP contribution is 2.26. The number of hydrogen-bond acceptors (Lipinski definition) is 3. The quantitative estimate of drug-likeness (QED) is 0.783. The molecule has 2 saturated heterocycles. The van der Waals surface area contributed by atoms with Crippen LogP contribution in [0, 0.1) is 11.8 Å². The zero-order chi connectivity index (χ0) is 13.8. The van der Waals surface area contributed by atoms with E-state index in [2.05, 4.69) is 5.32 Å². The lowest BCUT2D eigenvalue weighted by Gasteiger charge is -2.40. The molecule has 2 atom stereocenters. The van der Waals surface area contributed by atoms with E-state index in [0.717, 1.165) is 38.9 Å². The van der Waals surface area contributed by atoms with Crippen LogP contribution in [-0.2, 0) is 9.59 Å². The Kier molecular flexibility index (Phi) is 4.80. The Bertz CT molecular complexity index is 342. The molecule has 0 saturated carbocycles. The van der Waals surface area contributed by atoms with Crippen molar-refractivity contribution in [1.29, 1.82) is 0 Å². The molecule has 0 radical (unpaired) electrons. The summed E-state index contributed by atoms with van der Waals surface area (Å²) >= 11 is 0. The van der Waals surface area contributed by atoms with Crippen molar-refractivity contribution in [2.45, 2.75) is 45.1 Å². The maximum Gasteiger partial charge on any atom is 0.303 e. The number of carbonyl (C=O) groups is 2. The van der Waals surface area contributed by atoms with Gasteiger partial charge in [0.2, 0.25) is 5.91 Å². The van der Waals surface area contributed by atoms with E-state index in [-0.39, 0.29) is 24.3 Å². The monoisotopic (exact) mass is 268 g/mol. The number of likely N-dealkylation sites (tertiary alicyclic amines) is 1. The summed E-state index contributed by atoms with van der Waals surface area (Å²) in [5.74, 6) is -0.0305. The van der Waals surface area contributed by atoms with Crippen molar-refractivity contribution in [2.75, 3.05) is 19.6 Å². The predicted octanol–water partition coefficient (Wildman–Crippen LogP) is 1.09.